The predicted molar refractivity (Wildman–Crippen MR) is 94.9 cm³/mol. The maximum absolute atomic E-state index is 5.86. The zero-order valence-corrected chi connectivity index (χ0v) is 15.3. The van der Waals surface area contributed by atoms with Crippen LogP contribution < -0.4 is 10.1 Å². The highest BCUT2D eigenvalue weighted by molar-refractivity contribution is 9.10. The zero-order chi connectivity index (χ0) is 15.5. The largest absolute Gasteiger partial charge is 0.494 e. The van der Waals surface area contributed by atoms with Gasteiger partial charge in [-0.15, -0.1) is 0 Å². The summed E-state index contributed by atoms with van der Waals surface area (Å²) in [7, 11) is 0. The first-order valence-corrected chi connectivity index (χ1v) is 9.04. The molecule has 1 aromatic rings. The summed E-state index contributed by atoms with van der Waals surface area (Å²) in [4.78, 5) is 0. The fourth-order valence-corrected chi connectivity index (χ4v) is 2.55. The molecule has 120 valence electrons. The van der Waals surface area contributed by atoms with Crippen LogP contribution >= 0.6 is 15.9 Å². The zero-order valence-electron chi connectivity index (χ0n) is 13.8. The summed E-state index contributed by atoms with van der Waals surface area (Å²) in [5.74, 6) is 1.65. The van der Waals surface area contributed by atoms with Crippen LogP contribution in [0.4, 0.5) is 0 Å². The van der Waals surface area contributed by atoms with Crippen molar-refractivity contribution in [2.75, 3.05) is 13.2 Å². The van der Waals surface area contributed by atoms with E-state index >= 15 is 0 Å². The fourth-order valence-electron chi connectivity index (χ4n) is 2.17. The maximum Gasteiger partial charge on any atom is 0.119 e. The molecule has 2 nitrogen and oxygen atoms in total. The Morgan fingerprint density at radius 2 is 1.90 bits per heavy atom. The second-order valence-corrected chi connectivity index (χ2v) is 6.89. The second kappa shape index (κ2) is 11.1. The lowest BCUT2D eigenvalue weighted by Crippen LogP contribution is -2.19. The Morgan fingerprint density at radius 1 is 1.14 bits per heavy atom. The number of nitrogens with one attached hydrogen (secondary N) is 1. The third-order valence-corrected chi connectivity index (χ3v) is 4.18. The van der Waals surface area contributed by atoms with Gasteiger partial charge in [-0.05, 0) is 42.6 Å². The minimum atomic E-state index is 0.673. The van der Waals surface area contributed by atoms with Gasteiger partial charge in [0.2, 0.25) is 0 Å². The van der Waals surface area contributed by atoms with Gasteiger partial charge < -0.3 is 10.1 Å². The number of hydrogen-bond donors (Lipinski definition) is 1. The van der Waals surface area contributed by atoms with Gasteiger partial charge in [0.25, 0.3) is 0 Å². The minimum absolute atomic E-state index is 0.673. The molecule has 0 saturated carbocycles. The van der Waals surface area contributed by atoms with E-state index in [-0.39, 0.29) is 0 Å². The predicted octanol–water partition coefficient (Wildman–Crippen LogP) is 5.54. The van der Waals surface area contributed by atoms with Crippen LogP contribution in [0.3, 0.4) is 0 Å². The molecule has 0 fully saturated rings. The second-order valence-electron chi connectivity index (χ2n) is 6.04. The average molecular weight is 356 g/mol. The van der Waals surface area contributed by atoms with E-state index in [4.69, 9.17) is 4.74 Å². The van der Waals surface area contributed by atoms with Gasteiger partial charge in [-0.1, -0.05) is 62.4 Å². The van der Waals surface area contributed by atoms with Crippen molar-refractivity contribution in [1.29, 1.82) is 0 Å². The fraction of sp³-hybridized carbons (Fsp3) is 0.667. The molecule has 3 heteroatoms. The molecule has 0 unspecified atom stereocenters. The molecule has 0 aromatic heterocycles. The van der Waals surface area contributed by atoms with Gasteiger partial charge >= 0.3 is 0 Å². The molecule has 0 saturated heterocycles. The van der Waals surface area contributed by atoms with Crippen LogP contribution in [0.5, 0.6) is 5.75 Å². The highest BCUT2D eigenvalue weighted by Gasteiger charge is 2.03. The summed E-state index contributed by atoms with van der Waals surface area (Å²) in [6.45, 7) is 9.43. The van der Waals surface area contributed by atoms with Crippen LogP contribution in [0.1, 0.15) is 58.4 Å². The molecule has 0 amide bonds. The van der Waals surface area contributed by atoms with Crippen LogP contribution in [-0.4, -0.2) is 13.2 Å². The van der Waals surface area contributed by atoms with Crippen LogP contribution in [0.25, 0.3) is 0 Å². The topological polar surface area (TPSA) is 21.3 Å². The lowest BCUT2D eigenvalue weighted by Gasteiger charge is -2.12. The van der Waals surface area contributed by atoms with E-state index in [0.29, 0.717) is 5.92 Å². The minimum Gasteiger partial charge on any atom is -0.494 e. The van der Waals surface area contributed by atoms with Crippen molar-refractivity contribution in [2.45, 2.75) is 59.4 Å². The van der Waals surface area contributed by atoms with E-state index in [1.165, 1.54) is 31.2 Å². The summed E-state index contributed by atoms with van der Waals surface area (Å²) < 4.78 is 7.01. The summed E-state index contributed by atoms with van der Waals surface area (Å²) >= 11 is 3.61. The van der Waals surface area contributed by atoms with Gasteiger partial charge in [0.15, 0.2) is 0 Å². The van der Waals surface area contributed by atoms with E-state index in [2.05, 4.69) is 54.2 Å². The molecule has 0 aliphatic rings. The molecular weight excluding hydrogens is 326 g/mol. The molecule has 0 heterocycles. The van der Waals surface area contributed by atoms with Gasteiger partial charge in [0.1, 0.15) is 5.75 Å². The van der Waals surface area contributed by atoms with E-state index in [9.17, 15) is 0 Å². The molecule has 0 bridgehead atoms. The monoisotopic (exact) mass is 355 g/mol. The SMILES string of the molecule is CCCCCCCOc1ccc(Br)c(CNCC(C)C)c1. The lowest BCUT2D eigenvalue weighted by atomic mass is 10.1. The number of unbranched alkanes of at least 4 members (excludes halogenated alkanes) is 4. The number of halogens is 1. The van der Waals surface area contributed by atoms with Crippen LogP contribution in [0, 0.1) is 5.92 Å². The first kappa shape index (κ1) is 18.5. The third kappa shape index (κ3) is 8.47. The quantitative estimate of drug-likeness (QED) is 0.525. The molecule has 0 atom stereocenters. The summed E-state index contributed by atoms with van der Waals surface area (Å²) in [5, 5.41) is 3.47. The molecule has 0 radical (unpaired) electrons. The van der Waals surface area contributed by atoms with E-state index in [1.807, 2.05) is 6.07 Å². The molecule has 1 N–H and O–H groups in total. The van der Waals surface area contributed by atoms with Gasteiger partial charge in [-0.2, -0.15) is 0 Å². The summed E-state index contributed by atoms with van der Waals surface area (Å²) in [6.07, 6.45) is 6.37. The van der Waals surface area contributed by atoms with Gasteiger partial charge in [-0.3, -0.25) is 0 Å². The van der Waals surface area contributed by atoms with Gasteiger partial charge in [0, 0.05) is 11.0 Å². The van der Waals surface area contributed by atoms with Crippen LogP contribution in [0.15, 0.2) is 22.7 Å². The third-order valence-electron chi connectivity index (χ3n) is 3.40. The maximum atomic E-state index is 5.86. The Kier molecular flexibility index (Phi) is 9.77. The van der Waals surface area contributed by atoms with Crippen molar-refractivity contribution in [2.24, 2.45) is 5.92 Å². The molecule has 0 aliphatic heterocycles. The number of rotatable bonds is 11. The summed E-state index contributed by atoms with van der Waals surface area (Å²) in [5.41, 5.74) is 1.26. The number of ether oxygens (including phenoxy) is 1. The molecule has 1 aromatic carbocycles. The smallest absolute Gasteiger partial charge is 0.119 e. The Balaban J connectivity index is 2.34. The molecule has 1 rings (SSSR count). The van der Waals surface area contributed by atoms with Crippen LogP contribution in [-0.2, 0) is 6.54 Å². The Bertz CT molecular complexity index is 393. The Morgan fingerprint density at radius 3 is 2.62 bits per heavy atom. The number of benzene rings is 1. The number of hydrogen-bond acceptors (Lipinski definition) is 2. The van der Waals surface area contributed by atoms with Crippen molar-refractivity contribution in [3.63, 3.8) is 0 Å². The van der Waals surface area contributed by atoms with Gasteiger partial charge in [0.05, 0.1) is 6.61 Å². The standard InChI is InChI=1S/C18H30BrNO/c1-4-5-6-7-8-11-21-17-9-10-18(19)16(12-17)14-20-13-15(2)3/h9-10,12,15,20H,4-8,11,13-14H2,1-3H3. The first-order chi connectivity index (χ1) is 10.1. The van der Waals surface area contributed by atoms with E-state index < -0.39 is 0 Å². The van der Waals surface area contributed by atoms with Crippen LogP contribution in [0.2, 0.25) is 0 Å². The van der Waals surface area contributed by atoms with E-state index in [1.54, 1.807) is 0 Å². The molecule has 0 aliphatic carbocycles. The van der Waals surface area contributed by atoms with Crippen molar-refractivity contribution >= 4 is 15.9 Å². The molecular formula is C18H30BrNO. The molecule has 0 spiro atoms. The van der Waals surface area contributed by atoms with Crippen molar-refractivity contribution in [3.05, 3.63) is 28.2 Å². The van der Waals surface area contributed by atoms with Crippen molar-refractivity contribution in [1.82, 2.24) is 5.32 Å². The Hall–Kier alpha value is -0.540. The van der Waals surface area contributed by atoms with Crippen molar-refractivity contribution in [3.8, 4) is 5.75 Å². The highest BCUT2D eigenvalue weighted by atomic mass is 79.9. The summed E-state index contributed by atoms with van der Waals surface area (Å²) in [6, 6.07) is 6.27. The van der Waals surface area contributed by atoms with Gasteiger partial charge in [-0.25, -0.2) is 0 Å². The molecule has 21 heavy (non-hydrogen) atoms. The first-order valence-electron chi connectivity index (χ1n) is 8.25. The van der Waals surface area contributed by atoms with E-state index in [0.717, 1.165) is 36.3 Å². The lowest BCUT2D eigenvalue weighted by molar-refractivity contribution is 0.304. The normalized spacial score (nSPS) is 11.1. The highest BCUT2D eigenvalue weighted by Crippen LogP contribution is 2.23. The van der Waals surface area contributed by atoms with Crippen molar-refractivity contribution < 1.29 is 4.74 Å². The Labute approximate surface area is 138 Å². The average Bonchev–Trinajstić information content (AvgIpc) is 2.45.